The average molecular weight is 379 g/mol. The minimum Gasteiger partial charge on any atom is -0.373 e. The molecule has 6 nitrogen and oxygen atoms in total. The van der Waals surface area contributed by atoms with E-state index in [2.05, 4.69) is 65.5 Å². The van der Waals surface area contributed by atoms with Crippen LogP contribution in [0.3, 0.4) is 0 Å². The van der Waals surface area contributed by atoms with Gasteiger partial charge in [-0.1, -0.05) is 12.1 Å². The van der Waals surface area contributed by atoms with E-state index in [0.29, 0.717) is 6.54 Å². The minimum absolute atomic E-state index is 0.658. The van der Waals surface area contributed by atoms with Gasteiger partial charge in [0.15, 0.2) is 0 Å². The third-order valence-corrected chi connectivity index (χ3v) is 4.76. The smallest absolute Gasteiger partial charge is 0.136 e. The number of nitrogens with two attached hydrogens (primary N) is 1. The Labute approximate surface area is 167 Å². The standard InChI is InChI=1S/C22H30N6/c1-27(2)14-15-28(3)18-9-7-17(8-10-18)20-16-21-19(6-4-12-24-21)22(26-20)25-13-5-11-23/h4,6-10,12,16H,5,11,13-15,23H2,1-3H3,(H,25,26). The van der Waals surface area contributed by atoms with Crippen LogP contribution in [0.1, 0.15) is 6.42 Å². The molecule has 3 N–H and O–H groups in total. The second kappa shape index (κ2) is 9.48. The van der Waals surface area contributed by atoms with Gasteiger partial charge in [0.25, 0.3) is 0 Å². The van der Waals surface area contributed by atoms with Crippen LogP contribution in [-0.2, 0) is 0 Å². The summed E-state index contributed by atoms with van der Waals surface area (Å²) in [5.74, 6) is 0.862. The molecule has 0 amide bonds. The first-order valence-electron chi connectivity index (χ1n) is 9.74. The zero-order valence-electron chi connectivity index (χ0n) is 17.0. The van der Waals surface area contributed by atoms with Crippen molar-refractivity contribution < 1.29 is 0 Å². The summed E-state index contributed by atoms with van der Waals surface area (Å²) in [6.07, 6.45) is 2.72. The van der Waals surface area contributed by atoms with Crippen molar-refractivity contribution in [3.05, 3.63) is 48.7 Å². The van der Waals surface area contributed by atoms with Crippen LogP contribution in [0, 0.1) is 0 Å². The second-order valence-electron chi connectivity index (χ2n) is 7.27. The number of fused-ring (bicyclic) bond motifs is 1. The quantitative estimate of drug-likeness (QED) is 0.558. The van der Waals surface area contributed by atoms with Gasteiger partial charge in [-0.2, -0.15) is 0 Å². The Balaban J connectivity index is 1.86. The van der Waals surface area contributed by atoms with E-state index >= 15 is 0 Å². The molecule has 0 saturated carbocycles. The van der Waals surface area contributed by atoms with Gasteiger partial charge in [-0.15, -0.1) is 0 Å². The summed E-state index contributed by atoms with van der Waals surface area (Å²) < 4.78 is 0. The fourth-order valence-electron chi connectivity index (χ4n) is 3.03. The lowest BCUT2D eigenvalue weighted by molar-refractivity contribution is 0.416. The van der Waals surface area contributed by atoms with E-state index in [1.165, 1.54) is 5.69 Å². The van der Waals surface area contributed by atoms with E-state index in [4.69, 9.17) is 10.7 Å². The van der Waals surface area contributed by atoms with Gasteiger partial charge in [0.2, 0.25) is 0 Å². The molecule has 6 heteroatoms. The van der Waals surface area contributed by atoms with E-state index in [9.17, 15) is 0 Å². The topological polar surface area (TPSA) is 70.3 Å². The fourth-order valence-corrected chi connectivity index (χ4v) is 3.03. The van der Waals surface area contributed by atoms with Crippen LogP contribution in [0.2, 0.25) is 0 Å². The van der Waals surface area contributed by atoms with Crippen molar-refractivity contribution in [1.29, 1.82) is 0 Å². The van der Waals surface area contributed by atoms with Crippen molar-refractivity contribution in [3.63, 3.8) is 0 Å². The average Bonchev–Trinajstić information content (AvgIpc) is 2.72. The van der Waals surface area contributed by atoms with Crippen LogP contribution >= 0.6 is 0 Å². The molecule has 0 fully saturated rings. The van der Waals surface area contributed by atoms with E-state index in [1.54, 1.807) is 0 Å². The summed E-state index contributed by atoms with van der Waals surface area (Å²) in [6, 6.07) is 14.6. The van der Waals surface area contributed by atoms with E-state index in [1.807, 2.05) is 24.4 Å². The predicted octanol–water partition coefficient (Wildman–Crippen LogP) is 3.06. The predicted molar refractivity (Wildman–Crippen MR) is 119 cm³/mol. The third kappa shape index (κ3) is 4.97. The molecule has 0 bridgehead atoms. The largest absolute Gasteiger partial charge is 0.373 e. The van der Waals surface area contributed by atoms with Crippen molar-refractivity contribution in [2.75, 3.05) is 57.5 Å². The highest BCUT2D eigenvalue weighted by Gasteiger charge is 2.09. The van der Waals surface area contributed by atoms with Crippen molar-refractivity contribution in [3.8, 4) is 11.3 Å². The highest BCUT2D eigenvalue weighted by atomic mass is 15.1. The Morgan fingerprint density at radius 1 is 1.04 bits per heavy atom. The Morgan fingerprint density at radius 3 is 2.54 bits per heavy atom. The summed E-state index contributed by atoms with van der Waals surface area (Å²) in [6.45, 7) is 3.46. The summed E-state index contributed by atoms with van der Waals surface area (Å²) in [7, 11) is 6.31. The first kappa shape index (κ1) is 20.0. The first-order valence-corrected chi connectivity index (χ1v) is 9.74. The summed E-state index contributed by atoms with van der Waals surface area (Å²) >= 11 is 0. The van der Waals surface area contributed by atoms with Crippen LogP contribution in [0.4, 0.5) is 11.5 Å². The number of hydrogen-bond acceptors (Lipinski definition) is 6. The molecule has 0 aliphatic heterocycles. The lowest BCUT2D eigenvalue weighted by Gasteiger charge is -2.21. The monoisotopic (exact) mass is 378 g/mol. The molecule has 28 heavy (non-hydrogen) atoms. The lowest BCUT2D eigenvalue weighted by Crippen LogP contribution is -2.28. The molecule has 0 radical (unpaired) electrons. The number of anilines is 2. The Hall–Kier alpha value is -2.70. The third-order valence-electron chi connectivity index (χ3n) is 4.76. The molecule has 0 spiro atoms. The SMILES string of the molecule is CN(C)CCN(C)c1ccc(-c2cc3ncccc3c(NCCCN)n2)cc1. The van der Waals surface area contributed by atoms with Crippen LogP contribution < -0.4 is 16.0 Å². The molecule has 3 aromatic rings. The van der Waals surface area contributed by atoms with Crippen molar-refractivity contribution in [1.82, 2.24) is 14.9 Å². The van der Waals surface area contributed by atoms with Gasteiger partial charge < -0.3 is 20.9 Å². The number of rotatable bonds is 9. The van der Waals surface area contributed by atoms with E-state index in [-0.39, 0.29) is 0 Å². The zero-order chi connectivity index (χ0) is 19.9. The molecule has 2 heterocycles. The number of aromatic nitrogens is 2. The van der Waals surface area contributed by atoms with Gasteiger partial charge in [-0.25, -0.2) is 4.98 Å². The van der Waals surface area contributed by atoms with Gasteiger partial charge in [-0.05, 0) is 57.4 Å². The maximum Gasteiger partial charge on any atom is 0.136 e. The number of pyridine rings is 2. The molecular weight excluding hydrogens is 348 g/mol. The number of nitrogens with one attached hydrogen (secondary N) is 1. The normalized spacial score (nSPS) is 11.2. The van der Waals surface area contributed by atoms with Gasteiger partial charge in [-0.3, -0.25) is 4.98 Å². The van der Waals surface area contributed by atoms with Crippen LogP contribution in [0.15, 0.2) is 48.7 Å². The molecule has 2 aromatic heterocycles. The number of hydrogen-bond donors (Lipinski definition) is 2. The summed E-state index contributed by atoms with van der Waals surface area (Å²) in [5, 5.41) is 4.44. The highest BCUT2D eigenvalue weighted by Crippen LogP contribution is 2.28. The van der Waals surface area contributed by atoms with E-state index < -0.39 is 0 Å². The molecule has 0 aliphatic rings. The van der Waals surface area contributed by atoms with Crippen molar-refractivity contribution in [2.45, 2.75) is 6.42 Å². The van der Waals surface area contributed by atoms with Crippen LogP contribution in [-0.4, -0.2) is 62.2 Å². The van der Waals surface area contributed by atoms with E-state index in [0.717, 1.165) is 54.0 Å². The van der Waals surface area contributed by atoms with Crippen molar-refractivity contribution in [2.24, 2.45) is 5.73 Å². The number of likely N-dealkylation sites (N-methyl/N-ethyl adjacent to an activating group) is 2. The molecule has 0 unspecified atom stereocenters. The minimum atomic E-state index is 0.658. The maximum absolute atomic E-state index is 5.62. The van der Waals surface area contributed by atoms with Crippen LogP contribution in [0.25, 0.3) is 22.2 Å². The molecule has 148 valence electrons. The Bertz CT molecular complexity index is 891. The van der Waals surface area contributed by atoms with Gasteiger partial charge in [0, 0.05) is 49.5 Å². The fraction of sp³-hybridized carbons (Fsp3) is 0.364. The second-order valence-corrected chi connectivity index (χ2v) is 7.27. The Kier molecular flexibility index (Phi) is 6.79. The molecule has 3 rings (SSSR count). The number of benzene rings is 1. The molecular formula is C22H30N6. The number of nitrogens with zero attached hydrogens (tertiary/aromatic N) is 4. The summed E-state index contributed by atoms with van der Waals surface area (Å²) in [4.78, 5) is 13.8. The van der Waals surface area contributed by atoms with Gasteiger partial charge in [0.05, 0.1) is 11.2 Å². The molecule has 0 saturated heterocycles. The lowest BCUT2D eigenvalue weighted by atomic mass is 10.1. The summed E-state index contributed by atoms with van der Waals surface area (Å²) in [5.41, 5.74) is 9.77. The first-order chi connectivity index (χ1) is 13.6. The molecule has 0 atom stereocenters. The van der Waals surface area contributed by atoms with Gasteiger partial charge >= 0.3 is 0 Å². The Morgan fingerprint density at radius 2 is 1.82 bits per heavy atom. The highest BCUT2D eigenvalue weighted by molar-refractivity contribution is 5.92. The van der Waals surface area contributed by atoms with Crippen LogP contribution in [0.5, 0.6) is 0 Å². The molecule has 0 aliphatic carbocycles. The van der Waals surface area contributed by atoms with Gasteiger partial charge in [0.1, 0.15) is 5.82 Å². The maximum atomic E-state index is 5.62. The zero-order valence-corrected chi connectivity index (χ0v) is 17.0. The molecule has 1 aromatic carbocycles. The van der Waals surface area contributed by atoms with Crippen molar-refractivity contribution >= 4 is 22.4 Å².